The number of rotatable bonds is 8. The molecule has 0 aromatic heterocycles. The molecular formula is C56H47N. The Bertz CT molecular complexity index is 2800. The van der Waals surface area contributed by atoms with Crippen LogP contribution in [0.2, 0.25) is 0 Å². The first-order valence-electron chi connectivity index (χ1n) is 20.6. The van der Waals surface area contributed by atoms with Crippen LogP contribution in [0, 0.1) is 0 Å². The monoisotopic (exact) mass is 733 g/mol. The SMILES string of the molecule is CCC1(CC)c2ccccc2-c2c(-c3ccccc3N(c3cccc(-c4ccc5c(c4)C(C)(C)c4ccccc4-5)c3)c3ccccc3-c3ccccc3)cccc21. The van der Waals surface area contributed by atoms with Crippen molar-refractivity contribution in [1.82, 2.24) is 0 Å². The predicted molar refractivity (Wildman–Crippen MR) is 242 cm³/mol. The van der Waals surface area contributed by atoms with Crippen molar-refractivity contribution >= 4 is 17.1 Å². The molecule has 0 bridgehead atoms. The zero-order valence-corrected chi connectivity index (χ0v) is 33.3. The molecular weight excluding hydrogens is 687 g/mol. The van der Waals surface area contributed by atoms with E-state index in [2.05, 4.69) is 221 Å². The van der Waals surface area contributed by atoms with Crippen molar-refractivity contribution in [3.05, 3.63) is 210 Å². The first-order valence-corrected chi connectivity index (χ1v) is 20.6. The molecule has 0 heterocycles. The van der Waals surface area contributed by atoms with Crippen LogP contribution in [-0.2, 0) is 10.8 Å². The van der Waals surface area contributed by atoms with E-state index in [-0.39, 0.29) is 10.8 Å². The molecule has 8 aromatic carbocycles. The van der Waals surface area contributed by atoms with Crippen molar-refractivity contribution in [2.75, 3.05) is 4.90 Å². The summed E-state index contributed by atoms with van der Waals surface area (Å²) in [6, 6.07) is 70.0. The van der Waals surface area contributed by atoms with Gasteiger partial charge < -0.3 is 4.90 Å². The average molecular weight is 734 g/mol. The molecule has 8 aromatic rings. The van der Waals surface area contributed by atoms with Crippen LogP contribution in [0.1, 0.15) is 62.8 Å². The Balaban J connectivity index is 1.19. The average Bonchev–Trinajstić information content (AvgIpc) is 3.69. The van der Waals surface area contributed by atoms with E-state index in [9.17, 15) is 0 Å². The topological polar surface area (TPSA) is 3.24 Å². The third kappa shape index (κ3) is 5.36. The van der Waals surface area contributed by atoms with Crippen molar-refractivity contribution in [2.45, 2.75) is 51.4 Å². The highest BCUT2D eigenvalue weighted by atomic mass is 15.1. The second kappa shape index (κ2) is 13.6. The van der Waals surface area contributed by atoms with Gasteiger partial charge in [0.15, 0.2) is 0 Å². The molecule has 0 amide bonds. The minimum absolute atomic E-state index is 0.00337. The van der Waals surface area contributed by atoms with E-state index < -0.39 is 0 Å². The number of para-hydroxylation sites is 2. The number of hydrogen-bond donors (Lipinski definition) is 0. The minimum Gasteiger partial charge on any atom is -0.309 e. The van der Waals surface area contributed by atoms with Gasteiger partial charge in [0.1, 0.15) is 0 Å². The molecule has 0 spiro atoms. The molecule has 0 fully saturated rings. The lowest BCUT2D eigenvalue weighted by Crippen LogP contribution is -2.22. The molecule has 0 saturated carbocycles. The fraction of sp³-hybridized carbons (Fsp3) is 0.143. The zero-order valence-electron chi connectivity index (χ0n) is 33.3. The number of nitrogens with zero attached hydrogens (tertiary/aromatic N) is 1. The minimum atomic E-state index is -0.0686. The molecule has 0 radical (unpaired) electrons. The van der Waals surface area contributed by atoms with Crippen molar-refractivity contribution in [2.24, 2.45) is 0 Å². The normalized spacial score (nSPS) is 14.0. The highest BCUT2D eigenvalue weighted by Crippen LogP contribution is 2.57. The number of hydrogen-bond acceptors (Lipinski definition) is 1. The summed E-state index contributed by atoms with van der Waals surface area (Å²) in [5, 5.41) is 0. The van der Waals surface area contributed by atoms with Gasteiger partial charge in [-0.2, -0.15) is 0 Å². The molecule has 0 saturated heterocycles. The van der Waals surface area contributed by atoms with Gasteiger partial charge in [0.2, 0.25) is 0 Å². The summed E-state index contributed by atoms with van der Waals surface area (Å²) in [5.74, 6) is 0. The van der Waals surface area contributed by atoms with E-state index >= 15 is 0 Å². The third-order valence-corrected chi connectivity index (χ3v) is 13.2. The van der Waals surface area contributed by atoms with Crippen LogP contribution in [0.3, 0.4) is 0 Å². The van der Waals surface area contributed by atoms with E-state index in [0.29, 0.717) is 0 Å². The van der Waals surface area contributed by atoms with Gasteiger partial charge in [0, 0.05) is 27.6 Å². The molecule has 0 N–H and O–H groups in total. The van der Waals surface area contributed by atoms with E-state index in [4.69, 9.17) is 0 Å². The molecule has 0 aliphatic heterocycles. The Hall–Kier alpha value is -6.44. The Kier molecular flexibility index (Phi) is 8.38. The summed E-state index contributed by atoms with van der Waals surface area (Å²) in [5.41, 5.74) is 21.8. The first kappa shape index (κ1) is 35.0. The maximum atomic E-state index is 2.50. The summed E-state index contributed by atoms with van der Waals surface area (Å²) < 4.78 is 0. The molecule has 1 nitrogen and oxygen atoms in total. The zero-order chi connectivity index (χ0) is 38.7. The largest absolute Gasteiger partial charge is 0.309 e. The molecule has 0 atom stereocenters. The Morgan fingerprint density at radius 3 is 1.65 bits per heavy atom. The molecule has 1 heteroatoms. The van der Waals surface area contributed by atoms with Gasteiger partial charge in [-0.15, -0.1) is 0 Å². The van der Waals surface area contributed by atoms with Crippen LogP contribution in [0.5, 0.6) is 0 Å². The van der Waals surface area contributed by atoms with Crippen LogP contribution in [0.15, 0.2) is 188 Å². The maximum absolute atomic E-state index is 2.50. The molecule has 0 unspecified atom stereocenters. The second-order valence-corrected chi connectivity index (χ2v) is 16.3. The highest BCUT2D eigenvalue weighted by Gasteiger charge is 2.41. The van der Waals surface area contributed by atoms with Gasteiger partial charge in [0.05, 0.1) is 11.4 Å². The quantitative estimate of drug-likeness (QED) is 0.150. The Labute approximate surface area is 337 Å². The Morgan fingerprint density at radius 1 is 0.368 bits per heavy atom. The third-order valence-electron chi connectivity index (χ3n) is 13.2. The van der Waals surface area contributed by atoms with Crippen LogP contribution < -0.4 is 4.90 Å². The van der Waals surface area contributed by atoms with Gasteiger partial charge in [-0.25, -0.2) is 0 Å². The van der Waals surface area contributed by atoms with Crippen molar-refractivity contribution in [3.63, 3.8) is 0 Å². The number of anilines is 3. The maximum Gasteiger partial charge on any atom is 0.0540 e. The van der Waals surface area contributed by atoms with Crippen molar-refractivity contribution in [3.8, 4) is 55.6 Å². The van der Waals surface area contributed by atoms with Crippen molar-refractivity contribution < 1.29 is 0 Å². The number of benzene rings is 8. The highest BCUT2D eigenvalue weighted by molar-refractivity contribution is 6.00. The van der Waals surface area contributed by atoms with Crippen LogP contribution in [-0.4, -0.2) is 0 Å². The van der Waals surface area contributed by atoms with E-state index in [1.165, 1.54) is 77.9 Å². The standard InChI is InChI=1S/C56H47N/c1-5-56(6-2)49-30-15-11-27-47(49)54-46(28-19-31-50(54)56)45-26-13-17-33-53(45)57(52-32-16-12-24-42(52)38-20-8-7-9-21-38)41-23-18-22-39(36-41)40-34-35-44-43-25-10-14-29-48(43)55(3,4)51(44)37-40/h7-37H,5-6H2,1-4H3. The first-order chi connectivity index (χ1) is 27.9. The predicted octanol–water partition coefficient (Wildman–Crippen LogP) is 15.6. The van der Waals surface area contributed by atoms with Gasteiger partial charge in [0.25, 0.3) is 0 Å². The lowest BCUT2D eigenvalue weighted by Gasteiger charge is -2.31. The molecule has 276 valence electrons. The number of fused-ring (bicyclic) bond motifs is 6. The second-order valence-electron chi connectivity index (χ2n) is 16.3. The molecule has 57 heavy (non-hydrogen) atoms. The van der Waals surface area contributed by atoms with Gasteiger partial charge >= 0.3 is 0 Å². The summed E-state index contributed by atoms with van der Waals surface area (Å²) in [6.07, 6.45) is 2.13. The smallest absolute Gasteiger partial charge is 0.0540 e. The molecule has 10 rings (SSSR count). The van der Waals surface area contributed by atoms with Gasteiger partial charge in [-0.05, 0) is 110 Å². The van der Waals surface area contributed by atoms with Crippen LogP contribution >= 0.6 is 0 Å². The summed E-state index contributed by atoms with van der Waals surface area (Å²) in [4.78, 5) is 2.50. The molecule has 2 aliphatic rings. The summed E-state index contributed by atoms with van der Waals surface area (Å²) >= 11 is 0. The van der Waals surface area contributed by atoms with Crippen molar-refractivity contribution in [1.29, 1.82) is 0 Å². The Morgan fingerprint density at radius 2 is 0.895 bits per heavy atom. The van der Waals surface area contributed by atoms with E-state index in [1.807, 2.05) is 0 Å². The van der Waals surface area contributed by atoms with Gasteiger partial charge in [-0.3, -0.25) is 0 Å². The summed E-state index contributed by atoms with van der Waals surface area (Å²) in [6.45, 7) is 9.43. The van der Waals surface area contributed by atoms with E-state index in [0.717, 1.165) is 29.9 Å². The van der Waals surface area contributed by atoms with Crippen LogP contribution in [0.25, 0.3) is 55.6 Å². The van der Waals surface area contributed by atoms with Crippen LogP contribution in [0.4, 0.5) is 17.1 Å². The molecule has 2 aliphatic carbocycles. The fourth-order valence-electron chi connectivity index (χ4n) is 10.3. The van der Waals surface area contributed by atoms with Gasteiger partial charge in [-0.1, -0.05) is 185 Å². The summed E-state index contributed by atoms with van der Waals surface area (Å²) in [7, 11) is 0. The lowest BCUT2D eigenvalue weighted by atomic mass is 9.73. The van der Waals surface area contributed by atoms with E-state index in [1.54, 1.807) is 0 Å². The lowest BCUT2D eigenvalue weighted by molar-refractivity contribution is 0.490. The fourth-order valence-corrected chi connectivity index (χ4v) is 10.3.